The molecule has 4 nitrogen and oxygen atoms in total. The standard InChI is InChI=1S/C6HCl2F3INO3S/c7-3-2(16-6(9,10)11)1-13-5(4(3)12)17(8,14)15/h1H. The number of rotatable bonds is 2. The molecule has 0 N–H and O–H groups in total. The summed E-state index contributed by atoms with van der Waals surface area (Å²) in [5, 5.41) is -1.16. The van der Waals surface area contributed by atoms with E-state index in [-0.39, 0.29) is 3.57 Å². The van der Waals surface area contributed by atoms with Crippen molar-refractivity contribution >= 4 is 53.9 Å². The SMILES string of the molecule is O=S(=O)(Cl)c1ncc(OC(F)(F)F)c(Cl)c1I. The van der Waals surface area contributed by atoms with Gasteiger partial charge in [-0.1, -0.05) is 11.6 Å². The van der Waals surface area contributed by atoms with Crippen LogP contribution in [0, 0.1) is 3.57 Å². The fourth-order valence-electron chi connectivity index (χ4n) is 0.798. The van der Waals surface area contributed by atoms with E-state index in [9.17, 15) is 21.6 Å². The lowest BCUT2D eigenvalue weighted by molar-refractivity contribution is -0.274. The van der Waals surface area contributed by atoms with Crippen molar-refractivity contribution in [3.05, 3.63) is 14.8 Å². The minimum Gasteiger partial charge on any atom is -0.402 e. The third-order valence-corrected chi connectivity index (χ3v) is 4.67. The van der Waals surface area contributed by atoms with Crippen LogP contribution in [0.15, 0.2) is 11.2 Å². The number of hydrogen-bond donors (Lipinski definition) is 0. The largest absolute Gasteiger partial charge is 0.573 e. The minimum atomic E-state index is -4.95. The zero-order chi connectivity index (χ0) is 13.4. The number of hydrogen-bond acceptors (Lipinski definition) is 4. The van der Waals surface area contributed by atoms with Crippen molar-refractivity contribution in [1.82, 2.24) is 4.98 Å². The van der Waals surface area contributed by atoms with Gasteiger partial charge in [0.25, 0.3) is 9.05 Å². The van der Waals surface area contributed by atoms with Gasteiger partial charge in [0.2, 0.25) is 0 Å². The van der Waals surface area contributed by atoms with Gasteiger partial charge in [0.1, 0.15) is 5.02 Å². The van der Waals surface area contributed by atoms with Gasteiger partial charge in [0, 0.05) is 10.7 Å². The predicted octanol–water partition coefficient (Wildman–Crippen LogP) is 3.17. The third kappa shape index (κ3) is 4.00. The molecule has 1 rings (SSSR count). The molecule has 0 saturated carbocycles. The van der Waals surface area contributed by atoms with Crippen molar-refractivity contribution in [3.8, 4) is 5.75 Å². The number of alkyl halides is 3. The van der Waals surface area contributed by atoms with Crippen LogP contribution < -0.4 is 4.74 Å². The molecule has 11 heteroatoms. The van der Waals surface area contributed by atoms with Crippen molar-refractivity contribution < 1.29 is 26.3 Å². The second-order valence-corrected chi connectivity index (χ2v) is 6.48. The maximum Gasteiger partial charge on any atom is 0.573 e. The molecule has 0 aliphatic rings. The van der Waals surface area contributed by atoms with Gasteiger partial charge in [-0.15, -0.1) is 13.2 Å². The number of aromatic nitrogens is 1. The zero-order valence-corrected chi connectivity index (χ0v) is 11.9. The van der Waals surface area contributed by atoms with E-state index >= 15 is 0 Å². The fraction of sp³-hybridized carbons (Fsp3) is 0.167. The van der Waals surface area contributed by atoms with Gasteiger partial charge in [-0.2, -0.15) is 0 Å². The summed E-state index contributed by atoms with van der Waals surface area (Å²) in [6.07, 6.45) is -4.41. The number of halogens is 6. The molecule has 1 aromatic rings. The van der Waals surface area contributed by atoms with E-state index in [1.807, 2.05) is 0 Å². The van der Waals surface area contributed by atoms with Crippen LogP contribution in [-0.2, 0) is 9.05 Å². The summed E-state index contributed by atoms with van der Waals surface area (Å²) >= 11 is 6.92. The summed E-state index contributed by atoms with van der Waals surface area (Å²) in [5.41, 5.74) is 0. The highest BCUT2D eigenvalue weighted by Gasteiger charge is 2.33. The Balaban J connectivity index is 3.30. The molecular formula is C6HCl2F3INO3S. The maximum atomic E-state index is 11.9. The van der Waals surface area contributed by atoms with Crippen molar-refractivity contribution in [1.29, 1.82) is 0 Å². The van der Waals surface area contributed by atoms with Crippen LogP contribution in [0.25, 0.3) is 0 Å². The number of nitrogens with zero attached hydrogens (tertiary/aromatic N) is 1. The maximum absolute atomic E-state index is 11.9. The average molecular weight is 422 g/mol. The first-order valence-corrected chi connectivity index (χ1v) is 7.33. The quantitative estimate of drug-likeness (QED) is 0.543. The Morgan fingerprint density at radius 3 is 2.35 bits per heavy atom. The first kappa shape index (κ1) is 15.1. The Hall–Kier alpha value is -0.000000000000000333. The van der Waals surface area contributed by atoms with Crippen molar-refractivity contribution in [2.75, 3.05) is 0 Å². The molecule has 0 amide bonds. The molecule has 0 aromatic carbocycles. The Kier molecular flexibility index (Phi) is 4.37. The number of ether oxygens (including phenoxy) is 1. The van der Waals surface area contributed by atoms with Crippen molar-refractivity contribution in [2.24, 2.45) is 0 Å². The van der Waals surface area contributed by atoms with E-state index in [2.05, 4.69) is 9.72 Å². The summed E-state index contributed by atoms with van der Waals surface area (Å²) in [7, 11) is 0.820. The van der Waals surface area contributed by atoms with Crippen molar-refractivity contribution in [3.63, 3.8) is 0 Å². The Labute approximate surface area is 117 Å². The lowest BCUT2D eigenvalue weighted by Crippen LogP contribution is -2.18. The van der Waals surface area contributed by atoms with Crippen LogP contribution in [0.3, 0.4) is 0 Å². The molecule has 0 unspecified atom stereocenters. The average Bonchev–Trinajstić information content (AvgIpc) is 2.08. The van der Waals surface area contributed by atoms with Gasteiger partial charge in [-0.25, -0.2) is 13.4 Å². The van der Waals surface area contributed by atoms with Crippen LogP contribution in [0.2, 0.25) is 5.02 Å². The molecule has 0 radical (unpaired) electrons. The van der Waals surface area contributed by atoms with E-state index in [1.165, 1.54) is 22.6 Å². The molecule has 0 spiro atoms. The molecule has 1 aromatic heterocycles. The molecule has 0 aliphatic heterocycles. The number of pyridine rings is 1. The molecule has 0 aliphatic carbocycles. The highest BCUT2D eigenvalue weighted by molar-refractivity contribution is 14.1. The molecular weight excluding hydrogens is 421 g/mol. The fourth-order valence-corrected chi connectivity index (χ4v) is 3.54. The summed E-state index contributed by atoms with van der Waals surface area (Å²) < 4.78 is 61.0. The van der Waals surface area contributed by atoms with Gasteiger partial charge in [0.15, 0.2) is 10.8 Å². The van der Waals surface area contributed by atoms with E-state index in [4.69, 9.17) is 22.3 Å². The second kappa shape index (κ2) is 4.94. The van der Waals surface area contributed by atoms with E-state index < -0.39 is 31.2 Å². The van der Waals surface area contributed by atoms with Gasteiger partial charge in [-0.05, 0) is 22.6 Å². The lowest BCUT2D eigenvalue weighted by atomic mass is 10.4. The first-order chi connectivity index (χ1) is 7.52. The first-order valence-electron chi connectivity index (χ1n) is 3.57. The van der Waals surface area contributed by atoms with Gasteiger partial charge < -0.3 is 4.74 Å². The van der Waals surface area contributed by atoms with E-state index in [1.54, 1.807) is 0 Å². The van der Waals surface area contributed by atoms with Crippen LogP contribution in [0.5, 0.6) is 5.75 Å². The molecule has 0 fully saturated rings. The van der Waals surface area contributed by atoms with Gasteiger partial charge in [0.05, 0.1) is 9.77 Å². The molecule has 0 atom stereocenters. The summed E-state index contributed by atoms with van der Waals surface area (Å²) in [6, 6.07) is 0. The summed E-state index contributed by atoms with van der Waals surface area (Å²) in [6.45, 7) is 0. The lowest BCUT2D eigenvalue weighted by Gasteiger charge is -2.11. The van der Waals surface area contributed by atoms with E-state index in [0.29, 0.717) is 6.20 Å². The smallest absolute Gasteiger partial charge is 0.402 e. The predicted molar refractivity (Wildman–Crippen MR) is 61.7 cm³/mol. The summed E-state index contributed by atoms with van der Waals surface area (Å²) in [4.78, 5) is 3.26. The summed E-state index contributed by atoms with van der Waals surface area (Å²) in [5.74, 6) is -0.798. The van der Waals surface area contributed by atoms with Gasteiger partial charge in [-0.3, -0.25) is 0 Å². The molecule has 96 valence electrons. The Morgan fingerprint density at radius 1 is 1.41 bits per heavy atom. The molecule has 1 heterocycles. The highest BCUT2D eigenvalue weighted by atomic mass is 127. The minimum absolute atomic E-state index is 0.249. The third-order valence-electron chi connectivity index (χ3n) is 1.35. The van der Waals surface area contributed by atoms with Gasteiger partial charge >= 0.3 is 6.36 Å². The molecule has 0 bridgehead atoms. The Morgan fingerprint density at radius 2 is 1.94 bits per heavy atom. The van der Waals surface area contributed by atoms with Crippen LogP contribution >= 0.6 is 44.9 Å². The van der Waals surface area contributed by atoms with Crippen LogP contribution in [-0.4, -0.2) is 19.8 Å². The van der Waals surface area contributed by atoms with E-state index in [0.717, 1.165) is 0 Å². The highest BCUT2D eigenvalue weighted by Crippen LogP contribution is 2.35. The second-order valence-electron chi connectivity index (χ2n) is 2.54. The van der Waals surface area contributed by atoms with Crippen molar-refractivity contribution in [2.45, 2.75) is 11.4 Å². The molecule has 0 saturated heterocycles. The monoisotopic (exact) mass is 421 g/mol. The van der Waals surface area contributed by atoms with Crippen LogP contribution in [0.1, 0.15) is 0 Å². The molecule has 17 heavy (non-hydrogen) atoms. The topological polar surface area (TPSA) is 56.3 Å². The normalized spacial score (nSPS) is 12.6. The zero-order valence-electron chi connectivity index (χ0n) is 7.43. The van der Waals surface area contributed by atoms with Crippen LogP contribution in [0.4, 0.5) is 13.2 Å². The Bertz CT molecular complexity index is 548.